The Balaban J connectivity index is 3.82. The molecule has 0 saturated carbocycles. The fourth-order valence-corrected chi connectivity index (χ4v) is 2.17. The summed E-state index contributed by atoms with van der Waals surface area (Å²) in [6.07, 6.45) is 4.84. The first-order chi connectivity index (χ1) is 11.5. The van der Waals surface area contributed by atoms with Gasteiger partial charge in [-0.25, -0.2) is 0 Å². The van der Waals surface area contributed by atoms with Crippen LogP contribution in [0.15, 0.2) is 25.6 Å². The molecule has 0 aromatic carbocycles. The Morgan fingerprint density at radius 2 is 0.958 bits per heavy atom. The van der Waals surface area contributed by atoms with Crippen molar-refractivity contribution < 1.29 is 24.9 Å². The fourth-order valence-electron chi connectivity index (χ4n) is 2.17. The van der Waals surface area contributed by atoms with E-state index in [2.05, 4.69) is 13.2 Å². The first-order valence-corrected chi connectivity index (χ1v) is 8.18. The maximum atomic E-state index is 10.6. The van der Waals surface area contributed by atoms with Gasteiger partial charge in [0.25, 0.3) is 0 Å². The van der Waals surface area contributed by atoms with Gasteiger partial charge in [-0.15, -0.1) is 0 Å². The van der Waals surface area contributed by atoms with E-state index in [4.69, 9.17) is 0 Å². The van der Waals surface area contributed by atoms with Crippen molar-refractivity contribution in [3.05, 3.63) is 25.6 Å². The van der Waals surface area contributed by atoms with E-state index in [1.54, 1.807) is 0 Å². The number of carbonyl (C=O) groups is 2. The summed E-state index contributed by atoms with van der Waals surface area (Å²) in [5.74, 6) is 0. The zero-order valence-electron chi connectivity index (χ0n) is 14.2. The van der Waals surface area contributed by atoms with Crippen LogP contribution in [0, 0.1) is 0 Å². The molecule has 0 saturated heterocycles. The predicted octanol–water partition coefficient (Wildman–Crippen LogP) is 0.613. The van der Waals surface area contributed by atoms with E-state index in [9.17, 15) is 24.9 Å². The molecular formula is C17H30N2O5. The number of hydrogen-bond acceptors (Lipinski definition) is 5. The van der Waals surface area contributed by atoms with Gasteiger partial charge in [-0.2, -0.15) is 0 Å². The summed E-state index contributed by atoms with van der Waals surface area (Å²) in [6.45, 7) is 7.74. The second-order valence-electron chi connectivity index (χ2n) is 5.75. The lowest BCUT2D eigenvalue weighted by Crippen LogP contribution is -2.23. The van der Waals surface area contributed by atoms with Gasteiger partial charge in [0, 0.05) is 13.1 Å². The number of nitrogens with zero attached hydrogens (tertiary/aromatic N) is 2. The molecular weight excluding hydrogens is 312 g/mol. The van der Waals surface area contributed by atoms with Gasteiger partial charge in [0.05, 0.1) is 18.3 Å². The summed E-state index contributed by atoms with van der Waals surface area (Å²) in [7, 11) is 0. The summed E-state index contributed by atoms with van der Waals surface area (Å²) in [5, 5.41) is 29.6. The normalized spacial score (nSPS) is 14.3. The summed E-state index contributed by atoms with van der Waals surface area (Å²) >= 11 is 0. The maximum absolute atomic E-state index is 10.6. The van der Waals surface area contributed by atoms with Gasteiger partial charge in [-0.1, -0.05) is 13.2 Å². The third-order valence-corrected chi connectivity index (χ3v) is 3.85. The molecule has 0 aromatic heterocycles. The maximum Gasteiger partial charge on any atom is 0.213 e. The minimum atomic E-state index is -0.600. The minimum Gasteiger partial charge on any atom is -0.393 e. The third-order valence-electron chi connectivity index (χ3n) is 3.85. The van der Waals surface area contributed by atoms with Crippen LogP contribution < -0.4 is 0 Å². The molecule has 138 valence electrons. The Morgan fingerprint density at radius 3 is 1.21 bits per heavy atom. The van der Waals surface area contributed by atoms with Crippen LogP contribution in [-0.4, -0.2) is 69.3 Å². The monoisotopic (exact) mass is 342 g/mol. The standard InChI is InChI=1S/C17H30N2O5/c1-3-18(13-20)11-9-16(23)7-5-15(22)6-8-17(24)10-12-19(4-2)14-21/h3-4,13-17,22-24H,1-2,5-12H2. The van der Waals surface area contributed by atoms with Gasteiger partial charge >= 0.3 is 0 Å². The quantitative estimate of drug-likeness (QED) is 0.357. The van der Waals surface area contributed by atoms with Crippen LogP contribution in [0.5, 0.6) is 0 Å². The highest BCUT2D eigenvalue weighted by Crippen LogP contribution is 2.12. The molecule has 0 aromatic rings. The summed E-state index contributed by atoms with van der Waals surface area (Å²) in [5.41, 5.74) is 0. The van der Waals surface area contributed by atoms with E-state index in [1.165, 1.54) is 22.2 Å². The molecule has 0 aliphatic heterocycles. The molecule has 0 aliphatic carbocycles. The molecule has 24 heavy (non-hydrogen) atoms. The van der Waals surface area contributed by atoms with Crippen LogP contribution >= 0.6 is 0 Å². The first-order valence-electron chi connectivity index (χ1n) is 8.18. The average molecular weight is 342 g/mol. The van der Waals surface area contributed by atoms with Crippen molar-refractivity contribution in [2.75, 3.05) is 13.1 Å². The Hall–Kier alpha value is -1.70. The van der Waals surface area contributed by atoms with Crippen molar-refractivity contribution in [1.29, 1.82) is 0 Å². The van der Waals surface area contributed by atoms with Crippen LogP contribution in [0.3, 0.4) is 0 Å². The molecule has 0 aliphatic rings. The zero-order valence-corrected chi connectivity index (χ0v) is 14.2. The van der Waals surface area contributed by atoms with Gasteiger partial charge < -0.3 is 25.1 Å². The van der Waals surface area contributed by atoms with Crippen LogP contribution in [0.1, 0.15) is 38.5 Å². The van der Waals surface area contributed by atoms with Gasteiger partial charge in [0.2, 0.25) is 12.8 Å². The Bertz CT molecular complexity index is 328. The summed E-state index contributed by atoms with van der Waals surface area (Å²) < 4.78 is 0. The number of rotatable bonds is 16. The largest absolute Gasteiger partial charge is 0.393 e. The molecule has 2 unspecified atom stereocenters. The summed E-state index contributed by atoms with van der Waals surface area (Å²) in [6, 6.07) is 0. The SMILES string of the molecule is C=CN(C=O)CCC(O)CCC(O)CCC(O)CCN(C=C)C=O. The first kappa shape index (κ1) is 22.3. The van der Waals surface area contributed by atoms with E-state index in [0.29, 0.717) is 64.4 Å². The van der Waals surface area contributed by atoms with E-state index >= 15 is 0 Å². The molecule has 2 amide bonds. The third kappa shape index (κ3) is 10.9. The molecule has 0 spiro atoms. The molecule has 2 atom stereocenters. The van der Waals surface area contributed by atoms with Crippen LogP contribution in [0.4, 0.5) is 0 Å². The molecule has 0 heterocycles. The lowest BCUT2D eigenvalue weighted by molar-refractivity contribution is -0.116. The molecule has 0 fully saturated rings. The Morgan fingerprint density at radius 1 is 0.667 bits per heavy atom. The van der Waals surface area contributed by atoms with E-state index in [-0.39, 0.29) is 0 Å². The second kappa shape index (κ2) is 13.7. The highest BCUT2D eigenvalue weighted by atomic mass is 16.3. The van der Waals surface area contributed by atoms with Crippen molar-refractivity contribution in [3.63, 3.8) is 0 Å². The molecule has 0 radical (unpaired) electrons. The van der Waals surface area contributed by atoms with Crippen LogP contribution in [0.2, 0.25) is 0 Å². The fraction of sp³-hybridized carbons (Fsp3) is 0.647. The Labute approximate surface area is 143 Å². The second-order valence-corrected chi connectivity index (χ2v) is 5.75. The highest BCUT2D eigenvalue weighted by Gasteiger charge is 2.13. The van der Waals surface area contributed by atoms with Crippen LogP contribution in [0.25, 0.3) is 0 Å². The van der Waals surface area contributed by atoms with Crippen molar-refractivity contribution >= 4 is 12.8 Å². The van der Waals surface area contributed by atoms with Crippen molar-refractivity contribution in [3.8, 4) is 0 Å². The van der Waals surface area contributed by atoms with Gasteiger partial charge in [0.15, 0.2) is 0 Å². The lowest BCUT2D eigenvalue weighted by atomic mass is 10.0. The molecule has 3 N–H and O–H groups in total. The van der Waals surface area contributed by atoms with Crippen molar-refractivity contribution in [2.45, 2.75) is 56.8 Å². The van der Waals surface area contributed by atoms with Crippen molar-refractivity contribution in [1.82, 2.24) is 9.80 Å². The number of amides is 2. The molecule has 0 bridgehead atoms. The van der Waals surface area contributed by atoms with Gasteiger partial charge in [-0.3, -0.25) is 9.59 Å². The minimum absolute atomic E-state index is 0.388. The van der Waals surface area contributed by atoms with Crippen LogP contribution in [-0.2, 0) is 9.59 Å². The molecule has 7 nitrogen and oxygen atoms in total. The smallest absolute Gasteiger partial charge is 0.213 e. The summed E-state index contributed by atoms with van der Waals surface area (Å²) in [4.78, 5) is 23.9. The molecule has 0 rings (SSSR count). The van der Waals surface area contributed by atoms with E-state index in [0.717, 1.165) is 0 Å². The number of hydrogen-bond donors (Lipinski definition) is 3. The van der Waals surface area contributed by atoms with E-state index < -0.39 is 18.3 Å². The van der Waals surface area contributed by atoms with Crippen molar-refractivity contribution in [2.24, 2.45) is 0 Å². The van der Waals surface area contributed by atoms with E-state index in [1.807, 2.05) is 0 Å². The van der Waals surface area contributed by atoms with Gasteiger partial charge in [0.1, 0.15) is 0 Å². The number of carbonyl (C=O) groups excluding carboxylic acids is 2. The molecule has 7 heteroatoms. The van der Waals surface area contributed by atoms with Gasteiger partial charge in [-0.05, 0) is 50.9 Å². The zero-order chi connectivity index (χ0) is 18.4. The highest BCUT2D eigenvalue weighted by molar-refractivity contribution is 5.48. The Kier molecular flexibility index (Phi) is 12.7. The number of aliphatic hydroxyl groups excluding tert-OH is 3. The predicted molar refractivity (Wildman–Crippen MR) is 91.7 cm³/mol. The topological polar surface area (TPSA) is 101 Å². The number of aliphatic hydroxyl groups is 3. The average Bonchev–Trinajstić information content (AvgIpc) is 2.59. The lowest BCUT2D eigenvalue weighted by Gasteiger charge is -2.18.